The van der Waals surface area contributed by atoms with Crippen molar-refractivity contribution in [2.75, 3.05) is 4.72 Å². The lowest BCUT2D eigenvalue weighted by Gasteiger charge is -2.11. The number of hydrogen-bond donors (Lipinski definition) is 2. The Labute approximate surface area is 134 Å². The second-order valence-corrected chi connectivity index (χ2v) is 7.82. The first-order chi connectivity index (χ1) is 9.72. The predicted octanol–water partition coefficient (Wildman–Crippen LogP) is 3.63. The molecule has 112 valence electrons. The molecule has 1 aromatic heterocycles. The molecule has 8 heteroatoms. The van der Waals surface area contributed by atoms with Gasteiger partial charge in [0.15, 0.2) is 0 Å². The molecule has 0 fully saturated rings. The minimum Gasteiger partial charge on any atom is -0.477 e. The predicted molar refractivity (Wildman–Crippen MR) is 85.7 cm³/mol. The fourth-order valence-corrected chi connectivity index (χ4v) is 5.01. The Morgan fingerprint density at radius 3 is 2.62 bits per heavy atom. The van der Waals surface area contributed by atoms with Gasteiger partial charge < -0.3 is 5.11 Å². The summed E-state index contributed by atoms with van der Waals surface area (Å²) >= 11 is 4.17. The van der Waals surface area contributed by atoms with Crippen LogP contribution in [0.25, 0.3) is 0 Å². The molecule has 21 heavy (non-hydrogen) atoms. The fraction of sp³-hybridized carbons (Fsp3) is 0.154. The van der Waals surface area contributed by atoms with E-state index in [-0.39, 0.29) is 9.77 Å². The van der Waals surface area contributed by atoms with Crippen LogP contribution in [0.1, 0.15) is 20.8 Å². The van der Waals surface area contributed by atoms with Gasteiger partial charge in [-0.05, 0) is 58.4 Å². The second kappa shape index (κ2) is 5.78. The molecule has 0 aliphatic heterocycles. The summed E-state index contributed by atoms with van der Waals surface area (Å²) in [4.78, 5) is 10.8. The number of hydrogen-bond acceptors (Lipinski definition) is 4. The van der Waals surface area contributed by atoms with Gasteiger partial charge in [0.1, 0.15) is 9.77 Å². The van der Waals surface area contributed by atoms with E-state index in [1.807, 2.05) is 13.0 Å². The normalized spacial score (nSPS) is 11.4. The van der Waals surface area contributed by atoms with E-state index < -0.39 is 16.0 Å². The van der Waals surface area contributed by atoms with E-state index in [1.165, 1.54) is 5.38 Å². The van der Waals surface area contributed by atoms with Crippen LogP contribution in [0.4, 0.5) is 5.69 Å². The summed E-state index contributed by atoms with van der Waals surface area (Å²) in [6.45, 7) is 3.41. The third-order valence-electron chi connectivity index (χ3n) is 2.75. The Hall–Kier alpha value is -1.38. The monoisotopic (exact) mass is 389 g/mol. The summed E-state index contributed by atoms with van der Waals surface area (Å²) in [6.07, 6.45) is 0. The third-order valence-corrected chi connectivity index (χ3v) is 6.21. The number of carbonyl (C=O) groups is 1. The van der Waals surface area contributed by atoms with Crippen molar-refractivity contribution >= 4 is 48.9 Å². The fourth-order valence-electron chi connectivity index (χ4n) is 1.83. The summed E-state index contributed by atoms with van der Waals surface area (Å²) in [7, 11) is -3.97. The average molecular weight is 390 g/mol. The van der Waals surface area contributed by atoms with Crippen LogP contribution >= 0.6 is 27.3 Å². The Morgan fingerprint density at radius 1 is 1.33 bits per heavy atom. The largest absolute Gasteiger partial charge is 0.477 e. The average Bonchev–Trinajstić information content (AvgIpc) is 2.76. The van der Waals surface area contributed by atoms with Crippen molar-refractivity contribution in [2.45, 2.75) is 18.7 Å². The standard InChI is InChI=1S/C13H12BrNO4S2/c1-7-3-4-9(14)10(5-7)15-21(18,19)12-8(2)6-20-11(12)13(16)17/h3-6,15H,1-2H3,(H,16,17). The molecule has 0 bridgehead atoms. The number of sulfonamides is 1. The van der Waals surface area contributed by atoms with Crippen molar-refractivity contribution in [2.24, 2.45) is 0 Å². The Bertz CT molecular complexity index is 812. The highest BCUT2D eigenvalue weighted by Gasteiger charge is 2.27. The lowest BCUT2D eigenvalue weighted by molar-refractivity contribution is 0.0698. The highest BCUT2D eigenvalue weighted by Crippen LogP contribution is 2.31. The van der Waals surface area contributed by atoms with Crippen LogP contribution in [0.15, 0.2) is 32.9 Å². The maximum atomic E-state index is 12.5. The molecule has 0 aliphatic carbocycles. The first kappa shape index (κ1) is 16.0. The van der Waals surface area contributed by atoms with Crippen LogP contribution < -0.4 is 4.72 Å². The van der Waals surface area contributed by atoms with Gasteiger partial charge in [-0.1, -0.05) is 6.07 Å². The molecule has 1 aromatic carbocycles. The van der Waals surface area contributed by atoms with Gasteiger partial charge in [0.25, 0.3) is 10.0 Å². The van der Waals surface area contributed by atoms with Gasteiger partial charge in [0.2, 0.25) is 0 Å². The number of carboxylic acid groups (broad SMARTS) is 1. The lowest BCUT2D eigenvalue weighted by atomic mass is 10.2. The Kier molecular flexibility index (Phi) is 4.40. The highest BCUT2D eigenvalue weighted by molar-refractivity contribution is 9.10. The lowest BCUT2D eigenvalue weighted by Crippen LogP contribution is -2.16. The number of thiophene rings is 1. The number of rotatable bonds is 4. The van der Waals surface area contributed by atoms with Gasteiger partial charge in [0.05, 0.1) is 5.69 Å². The molecular weight excluding hydrogens is 378 g/mol. The van der Waals surface area contributed by atoms with E-state index in [0.717, 1.165) is 16.9 Å². The number of anilines is 1. The molecule has 0 unspecified atom stereocenters. The van der Waals surface area contributed by atoms with Crippen LogP contribution in [-0.2, 0) is 10.0 Å². The summed E-state index contributed by atoms with van der Waals surface area (Å²) in [5.74, 6) is -1.25. The number of carboxylic acids is 1. The number of aryl methyl sites for hydroxylation is 2. The summed E-state index contributed by atoms with van der Waals surface area (Å²) in [5.41, 5.74) is 1.67. The van der Waals surface area contributed by atoms with Crippen molar-refractivity contribution in [3.05, 3.63) is 44.1 Å². The van der Waals surface area contributed by atoms with E-state index in [4.69, 9.17) is 5.11 Å². The Balaban J connectivity index is 2.51. The van der Waals surface area contributed by atoms with E-state index in [1.54, 1.807) is 19.1 Å². The van der Waals surface area contributed by atoms with Gasteiger partial charge in [-0.15, -0.1) is 11.3 Å². The molecule has 0 amide bonds. The topological polar surface area (TPSA) is 83.5 Å². The zero-order chi connectivity index (χ0) is 15.8. The van der Waals surface area contributed by atoms with Crippen molar-refractivity contribution in [1.29, 1.82) is 0 Å². The first-order valence-electron chi connectivity index (χ1n) is 5.82. The molecular formula is C13H12BrNO4S2. The molecule has 1 heterocycles. The summed E-state index contributed by atoms with van der Waals surface area (Å²) in [5, 5.41) is 10.6. The van der Waals surface area contributed by atoms with Crippen molar-refractivity contribution < 1.29 is 18.3 Å². The molecule has 0 saturated carbocycles. The minimum atomic E-state index is -3.97. The quantitative estimate of drug-likeness (QED) is 0.835. The van der Waals surface area contributed by atoms with Crippen molar-refractivity contribution in [3.63, 3.8) is 0 Å². The number of halogens is 1. The highest BCUT2D eigenvalue weighted by atomic mass is 79.9. The number of benzene rings is 1. The molecule has 2 N–H and O–H groups in total. The van der Waals surface area contributed by atoms with Crippen LogP contribution in [0, 0.1) is 13.8 Å². The maximum Gasteiger partial charge on any atom is 0.347 e. The smallest absolute Gasteiger partial charge is 0.347 e. The number of aromatic carboxylic acids is 1. The Morgan fingerprint density at radius 2 is 2.00 bits per heavy atom. The van der Waals surface area contributed by atoms with Crippen LogP contribution in [0.3, 0.4) is 0 Å². The molecule has 2 rings (SSSR count). The summed E-state index contributed by atoms with van der Waals surface area (Å²) < 4.78 is 28.0. The zero-order valence-electron chi connectivity index (χ0n) is 11.2. The van der Waals surface area contributed by atoms with E-state index in [0.29, 0.717) is 15.7 Å². The molecule has 0 aliphatic rings. The SMILES string of the molecule is Cc1ccc(Br)c(NS(=O)(=O)c2c(C)csc2C(=O)O)c1. The molecule has 0 radical (unpaired) electrons. The maximum absolute atomic E-state index is 12.5. The van der Waals surface area contributed by atoms with Crippen molar-refractivity contribution in [3.8, 4) is 0 Å². The third kappa shape index (κ3) is 3.28. The van der Waals surface area contributed by atoms with Gasteiger partial charge >= 0.3 is 5.97 Å². The molecule has 5 nitrogen and oxygen atoms in total. The zero-order valence-corrected chi connectivity index (χ0v) is 14.4. The van der Waals surface area contributed by atoms with Crippen LogP contribution in [0.5, 0.6) is 0 Å². The van der Waals surface area contributed by atoms with Gasteiger partial charge in [-0.25, -0.2) is 13.2 Å². The van der Waals surface area contributed by atoms with Crippen LogP contribution in [0.2, 0.25) is 0 Å². The van der Waals surface area contributed by atoms with Gasteiger partial charge in [0, 0.05) is 4.47 Å². The van der Waals surface area contributed by atoms with Crippen LogP contribution in [-0.4, -0.2) is 19.5 Å². The first-order valence-corrected chi connectivity index (χ1v) is 8.98. The second-order valence-electron chi connectivity index (χ2n) is 4.47. The molecule has 0 atom stereocenters. The minimum absolute atomic E-state index is 0.187. The van der Waals surface area contributed by atoms with Crippen molar-refractivity contribution in [1.82, 2.24) is 0 Å². The number of nitrogens with one attached hydrogen (secondary N) is 1. The van der Waals surface area contributed by atoms with E-state index in [9.17, 15) is 13.2 Å². The van der Waals surface area contributed by atoms with Gasteiger partial charge in [-0.3, -0.25) is 4.72 Å². The summed E-state index contributed by atoms with van der Waals surface area (Å²) in [6, 6.07) is 5.23. The molecule has 0 spiro atoms. The van der Waals surface area contributed by atoms with E-state index >= 15 is 0 Å². The van der Waals surface area contributed by atoms with Gasteiger partial charge in [-0.2, -0.15) is 0 Å². The molecule has 2 aromatic rings. The van der Waals surface area contributed by atoms with E-state index in [2.05, 4.69) is 20.7 Å². The molecule has 0 saturated heterocycles.